The topological polar surface area (TPSA) is 108 Å². The van der Waals surface area contributed by atoms with Crippen molar-refractivity contribution >= 4 is 39.0 Å². The summed E-state index contributed by atoms with van der Waals surface area (Å²) >= 11 is 1.57. The van der Waals surface area contributed by atoms with E-state index in [1.165, 1.54) is 12.1 Å². The molecule has 1 amide bonds. The largest absolute Gasteiger partial charge is 0.345 e. The van der Waals surface area contributed by atoms with Crippen molar-refractivity contribution in [3.63, 3.8) is 0 Å². The fraction of sp³-hybridized carbons (Fsp3) is 0.267. The number of amides is 1. The highest BCUT2D eigenvalue weighted by Gasteiger charge is 2.26. The van der Waals surface area contributed by atoms with Gasteiger partial charge >= 0.3 is 0 Å². The molecule has 3 heterocycles. The van der Waals surface area contributed by atoms with Gasteiger partial charge in [0.25, 0.3) is 11.6 Å². The van der Waals surface area contributed by atoms with Crippen LogP contribution in [0.4, 0.5) is 10.8 Å². The quantitative estimate of drug-likeness (QED) is 0.566. The number of hydrogen-bond donors (Lipinski definition) is 1. The van der Waals surface area contributed by atoms with Crippen LogP contribution in [0.15, 0.2) is 29.8 Å². The standard InChI is InChI=1S/C15H14N6O3S/c22-14(19-4-6-20(7-5-19)15-16-3-8-25-15)13-11-9-10(21(23)24)1-2-12(11)17-18-13/h1-3,8-9H,4-7H2,(H,17,18). The monoisotopic (exact) mass is 358 g/mol. The highest BCUT2D eigenvalue weighted by molar-refractivity contribution is 7.13. The van der Waals surface area contributed by atoms with Crippen molar-refractivity contribution in [2.75, 3.05) is 31.1 Å². The number of aromatic nitrogens is 3. The molecule has 1 saturated heterocycles. The lowest BCUT2D eigenvalue weighted by molar-refractivity contribution is -0.384. The minimum absolute atomic E-state index is 0.0588. The second-order valence-electron chi connectivity index (χ2n) is 5.65. The Morgan fingerprint density at radius 2 is 2.08 bits per heavy atom. The molecule has 1 aliphatic rings. The van der Waals surface area contributed by atoms with E-state index in [2.05, 4.69) is 20.1 Å². The number of H-pyrrole nitrogens is 1. The SMILES string of the molecule is O=C(c1n[nH]c2ccc([N+](=O)[O-])cc12)N1CCN(c2nccs2)CC1. The van der Waals surface area contributed by atoms with E-state index in [0.29, 0.717) is 37.1 Å². The van der Waals surface area contributed by atoms with Crippen LogP contribution < -0.4 is 4.90 Å². The zero-order valence-electron chi connectivity index (χ0n) is 13.1. The first-order valence-corrected chi connectivity index (χ1v) is 8.57. The van der Waals surface area contributed by atoms with Gasteiger partial charge in [0, 0.05) is 55.3 Å². The average Bonchev–Trinajstić information content (AvgIpc) is 3.30. The van der Waals surface area contributed by atoms with Crippen molar-refractivity contribution in [2.45, 2.75) is 0 Å². The van der Waals surface area contributed by atoms with Crippen LogP contribution in [-0.4, -0.2) is 57.1 Å². The Labute approximate surface area is 146 Å². The summed E-state index contributed by atoms with van der Waals surface area (Å²) in [6.45, 7) is 2.51. The van der Waals surface area contributed by atoms with Crippen LogP contribution in [0.5, 0.6) is 0 Å². The van der Waals surface area contributed by atoms with E-state index in [-0.39, 0.29) is 17.3 Å². The number of rotatable bonds is 3. The maximum Gasteiger partial charge on any atom is 0.275 e. The van der Waals surface area contributed by atoms with E-state index in [4.69, 9.17) is 0 Å². The summed E-state index contributed by atoms with van der Waals surface area (Å²) in [6.07, 6.45) is 1.76. The maximum absolute atomic E-state index is 12.8. The third kappa shape index (κ3) is 2.80. The molecule has 1 fully saturated rings. The lowest BCUT2D eigenvalue weighted by atomic mass is 10.1. The molecule has 0 unspecified atom stereocenters. The zero-order valence-corrected chi connectivity index (χ0v) is 13.9. The number of anilines is 1. The molecule has 0 atom stereocenters. The average molecular weight is 358 g/mol. The van der Waals surface area contributed by atoms with Gasteiger partial charge in [-0.25, -0.2) is 4.98 Å². The van der Waals surface area contributed by atoms with Crippen LogP contribution in [0.2, 0.25) is 0 Å². The summed E-state index contributed by atoms with van der Waals surface area (Å²) in [5, 5.41) is 21.2. The number of non-ortho nitro benzene ring substituents is 1. The number of fused-ring (bicyclic) bond motifs is 1. The molecule has 1 aromatic carbocycles. The van der Waals surface area contributed by atoms with Crippen LogP contribution in [0.1, 0.15) is 10.5 Å². The minimum atomic E-state index is -0.479. The lowest BCUT2D eigenvalue weighted by Gasteiger charge is -2.34. The summed E-state index contributed by atoms with van der Waals surface area (Å²) in [5.74, 6) is -0.217. The Morgan fingerprint density at radius 3 is 2.76 bits per heavy atom. The third-order valence-corrected chi connectivity index (χ3v) is 5.05. The third-order valence-electron chi connectivity index (χ3n) is 4.22. The van der Waals surface area contributed by atoms with Gasteiger partial charge in [0.2, 0.25) is 0 Å². The first-order valence-electron chi connectivity index (χ1n) is 7.70. The van der Waals surface area contributed by atoms with Crippen molar-refractivity contribution in [1.82, 2.24) is 20.1 Å². The van der Waals surface area contributed by atoms with Gasteiger partial charge in [-0.15, -0.1) is 11.3 Å². The normalized spacial score (nSPS) is 14.9. The number of nitro benzene ring substituents is 1. The number of carbonyl (C=O) groups excluding carboxylic acids is 1. The van der Waals surface area contributed by atoms with Gasteiger partial charge in [-0.05, 0) is 6.07 Å². The van der Waals surface area contributed by atoms with Gasteiger partial charge in [-0.2, -0.15) is 5.10 Å². The molecule has 1 aliphatic heterocycles. The number of nitro groups is 1. The molecular weight excluding hydrogens is 344 g/mol. The second-order valence-corrected chi connectivity index (χ2v) is 6.53. The molecule has 25 heavy (non-hydrogen) atoms. The molecule has 0 saturated carbocycles. The van der Waals surface area contributed by atoms with Gasteiger partial charge in [0.1, 0.15) is 0 Å². The fourth-order valence-electron chi connectivity index (χ4n) is 2.90. The van der Waals surface area contributed by atoms with Gasteiger partial charge < -0.3 is 9.80 Å². The number of piperazine rings is 1. The van der Waals surface area contributed by atoms with Crippen LogP contribution in [-0.2, 0) is 0 Å². The summed E-state index contributed by atoms with van der Waals surface area (Å²) < 4.78 is 0. The van der Waals surface area contributed by atoms with Crippen molar-refractivity contribution in [3.8, 4) is 0 Å². The Bertz CT molecular complexity index is 930. The number of nitrogens with one attached hydrogen (secondary N) is 1. The molecule has 4 rings (SSSR count). The molecule has 0 spiro atoms. The van der Waals surface area contributed by atoms with Gasteiger partial charge in [-0.1, -0.05) is 0 Å². The predicted octanol–water partition coefficient (Wildman–Crippen LogP) is 1.89. The van der Waals surface area contributed by atoms with Crippen LogP contribution in [0, 0.1) is 10.1 Å². The minimum Gasteiger partial charge on any atom is -0.345 e. The van der Waals surface area contributed by atoms with Crippen molar-refractivity contribution in [3.05, 3.63) is 45.6 Å². The molecule has 0 radical (unpaired) electrons. The molecule has 0 aliphatic carbocycles. The van der Waals surface area contributed by atoms with Crippen LogP contribution >= 0.6 is 11.3 Å². The smallest absolute Gasteiger partial charge is 0.275 e. The highest BCUT2D eigenvalue weighted by atomic mass is 32.1. The van der Waals surface area contributed by atoms with E-state index >= 15 is 0 Å². The molecule has 3 aromatic rings. The van der Waals surface area contributed by atoms with E-state index in [1.54, 1.807) is 28.5 Å². The number of benzene rings is 1. The Morgan fingerprint density at radius 1 is 1.28 bits per heavy atom. The number of aromatic amines is 1. The van der Waals surface area contributed by atoms with Gasteiger partial charge in [0.15, 0.2) is 10.8 Å². The van der Waals surface area contributed by atoms with Crippen LogP contribution in [0.3, 0.4) is 0 Å². The molecule has 9 nitrogen and oxygen atoms in total. The molecular formula is C15H14N6O3S. The van der Waals surface area contributed by atoms with Gasteiger partial charge in [0.05, 0.1) is 10.4 Å². The molecule has 1 N–H and O–H groups in total. The molecule has 10 heteroatoms. The zero-order chi connectivity index (χ0) is 17.4. The van der Waals surface area contributed by atoms with Crippen LogP contribution in [0.25, 0.3) is 10.9 Å². The Hall–Kier alpha value is -3.01. The van der Waals surface area contributed by atoms with Gasteiger partial charge in [-0.3, -0.25) is 20.0 Å². The van der Waals surface area contributed by atoms with E-state index in [1.807, 2.05) is 5.38 Å². The fourth-order valence-corrected chi connectivity index (χ4v) is 3.60. The molecule has 2 aromatic heterocycles. The molecule has 128 valence electrons. The predicted molar refractivity (Wildman–Crippen MR) is 93.0 cm³/mol. The number of thiazole rings is 1. The maximum atomic E-state index is 12.8. The highest BCUT2D eigenvalue weighted by Crippen LogP contribution is 2.24. The number of hydrogen-bond acceptors (Lipinski definition) is 7. The summed E-state index contributed by atoms with van der Waals surface area (Å²) in [5.41, 5.74) is 0.772. The second kappa shape index (κ2) is 6.13. The Kier molecular flexibility index (Phi) is 3.80. The molecule has 0 bridgehead atoms. The number of nitrogens with zero attached hydrogens (tertiary/aromatic N) is 5. The van der Waals surface area contributed by atoms with E-state index < -0.39 is 4.92 Å². The number of carbonyl (C=O) groups is 1. The van der Waals surface area contributed by atoms with E-state index in [9.17, 15) is 14.9 Å². The van der Waals surface area contributed by atoms with Crippen molar-refractivity contribution in [1.29, 1.82) is 0 Å². The Balaban J connectivity index is 1.54. The van der Waals surface area contributed by atoms with E-state index in [0.717, 1.165) is 5.13 Å². The first-order chi connectivity index (χ1) is 12.1. The summed E-state index contributed by atoms with van der Waals surface area (Å²) in [4.78, 5) is 31.4. The first kappa shape index (κ1) is 15.5. The summed E-state index contributed by atoms with van der Waals surface area (Å²) in [7, 11) is 0. The van der Waals surface area contributed by atoms with Crippen molar-refractivity contribution < 1.29 is 9.72 Å². The lowest BCUT2D eigenvalue weighted by Crippen LogP contribution is -2.48. The summed E-state index contributed by atoms with van der Waals surface area (Å²) in [6, 6.07) is 4.34. The van der Waals surface area contributed by atoms with Crippen molar-refractivity contribution in [2.24, 2.45) is 0 Å².